The summed E-state index contributed by atoms with van der Waals surface area (Å²) < 4.78 is 12.3. The van der Waals surface area contributed by atoms with E-state index in [9.17, 15) is 10.2 Å². The Hall–Kier alpha value is -5.98. The Balaban J connectivity index is 1.65. The van der Waals surface area contributed by atoms with Gasteiger partial charge in [0.2, 0.25) is 0 Å². The average Bonchev–Trinajstić information content (AvgIpc) is 2.97. The van der Waals surface area contributed by atoms with Crippen LogP contribution in [0.3, 0.4) is 0 Å². The zero-order valence-corrected chi connectivity index (χ0v) is 21.3. The molecule has 0 saturated heterocycles. The van der Waals surface area contributed by atoms with Gasteiger partial charge in [0, 0.05) is 35.4 Å². The molecule has 0 amide bonds. The van der Waals surface area contributed by atoms with Crippen LogP contribution >= 0.6 is 0 Å². The monoisotopic (exact) mass is 524 g/mol. The van der Waals surface area contributed by atoms with E-state index in [-0.39, 0.29) is 22.9 Å². The first-order valence-electron chi connectivity index (χ1n) is 12.3. The van der Waals surface area contributed by atoms with Crippen molar-refractivity contribution >= 4 is 11.4 Å². The summed E-state index contributed by atoms with van der Waals surface area (Å²) in [6.45, 7) is 0. The third-order valence-electron chi connectivity index (χ3n) is 5.77. The second-order valence-corrected chi connectivity index (χ2v) is 8.72. The largest absolute Gasteiger partial charge is 0.506 e. The highest BCUT2D eigenvalue weighted by molar-refractivity contribution is 5.63. The van der Waals surface area contributed by atoms with E-state index in [1.54, 1.807) is 36.4 Å². The summed E-state index contributed by atoms with van der Waals surface area (Å²) >= 11 is 0. The average molecular weight is 525 g/mol. The number of rotatable bonds is 4. The van der Waals surface area contributed by atoms with Gasteiger partial charge >= 0.3 is 0 Å². The fourth-order valence-electron chi connectivity index (χ4n) is 3.67. The number of nitrogen functional groups attached to an aromatic ring is 2. The predicted molar refractivity (Wildman–Crippen MR) is 156 cm³/mol. The normalized spacial score (nSPS) is 10.0. The highest BCUT2D eigenvalue weighted by atomic mass is 16.5. The van der Waals surface area contributed by atoms with E-state index in [0.717, 1.165) is 11.1 Å². The fourth-order valence-corrected chi connectivity index (χ4v) is 3.67. The second kappa shape index (κ2) is 11.6. The highest BCUT2D eigenvalue weighted by Crippen LogP contribution is 2.37. The van der Waals surface area contributed by atoms with Gasteiger partial charge in [0.15, 0.2) is 0 Å². The van der Waals surface area contributed by atoms with Crippen molar-refractivity contribution in [3.05, 3.63) is 131 Å². The molecule has 5 aromatic carbocycles. The SMILES string of the molecule is Nc1ccc(Oc2cc(C#Cc3ccccc3)c(Oc3ccc(N)c(O)c3)cc2C#Cc2ccccc2)cc1O. The van der Waals surface area contributed by atoms with Crippen LogP contribution < -0.4 is 20.9 Å². The van der Waals surface area contributed by atoms with Gasteiger partial charge in [0.1, 0.15) is 34.5 Å². The van der Waals surface area contributed by atoms with Gasteiger partial charge in [-0.15, -0.1) is 0 Å². The van der Waals surface area contributed by atoms with Crippen molar-refractivity contribution in [2.24, 2.45) is 0 Å². The van der Waals surface area contributed by atoms with Crippen LogP contribution in [0.4, 0.5) is 11.4 Å². The highest BCUT2D eigenvalue weighted by Gasteiger charge is 2.14. The van der Waals surface area contributed by atoms with Gasteiger partial charge in [-0.2, -0.15) is 0 Å². The Labute approximate surface area is 232 Å². The molecule has 0 heterocycles. The van der Waals surface area contributed by atoms with Crippen LogP contribution in [0.15, 0.2) is 109 Å². The molecular formula is C34H24N2O4. The lowest BCUT2D eigenvalue weighted by atomic mass is 10.1. The van der Waals surface area contributed by atoms with Gasteiger partial charge in [-0.1, -0.05) is 60.1 Å². The molecule has 5 rings (SSSR count). The molecule has 0 aliphatic rings. The molecule has 0 aromatic heterocycles. The van der Waals surface area contributed by atoms with Crippen LogP contribution in [-0.4, -0.2) is 10.2 Å². The molecule has 40 heavy (non-hydrogen) atoms. The van der Waals surface area contributed by atoms with E-state index >= 15 is 0 Å². The van der Waals surface area contributed by atoms with Gasteiger partial charge in [-0.3, -0.25) is 0 Å². The van der Waals surface area contributed by atoms with Gasteiger partial charge in [0.25, 0.3) is 0 Å². The van der Waals surface area contributed by atoms with Crippen molar-refractivity contribution in [1.29, 1.82) is 0 Å². The van der Waals surface area contributed by atoms with Crippen molar-refractivity contribution in [2.75, 3.05) is 11.5 Å². The molecule has 6 N–H and O–H groups in total. The van der Waals surface area contributed by atoms with E-state index in [4.69, 9.17) is 20.9 Å². The number of hydrogen-bond acceptors (Lipinski definition) is 6. The summed E-state index contributed by atoms with van der Waals surface area (Å²) in [6, 6.07) is 31.8. The van der Waals surface area contributed by atoms with Crippen LogP contribution in [0, 0.1) is 23.7 Å². The Morgan fingerprint density at radius 1 is 0.475 bits per heavy atom. The first-order valence-corrected chi connectivity index (χ1v) is 12.3. The predicted octanol–water partition coefficient (Wildman–Crippen LogP) is 6.65. The third kappa shape index (κ3) is 6.28. The van der Waals surface area contributed by atoms with E-state index in [1.807, 2.05) is 60.7 Å². The quantitative estimate of drug-likeness (QED) is 0.119. The van der Waals surface area contributed by atoms with E-state index in [2.05, 4.69) is 23.7 Å². The summed E-state index contributed by atoms with van der Waals surface area (Å²) in [5.74, 6) is 14.0. The van der Waals surface area contributed by atoms with Crippen molar-refractivity contribution < 1.29 is 19.7 Å². The summed E-state index contributed by atoms with van der Waals surface area (Å²) in [5, 5.41) is 20.2. The minimum Gasteiger partial charge on any atom is -0.506 e. The molecule has 6 heteroatoms. The zero-order valence-electron chi connectivity index (χ0n) is 21.3. The summed E-state index contributed by atoms with van der Waals surface area (Å²) in [4.78, 5) is 0. The van der Waals surface area contributed by atoms with Crippen LogP contribution in [-0.2, 0) is 0 Å². The lowest BCUT2D eigenvalue weighted by Crippen LogP contribution is -1.96. The first kappa shape index (κ1) is 25.7. The molecule has 0 fully saturated rings. The van der Waals surface area contributed by atoms with Crippen molar-refractivity contribution in [3.8, 4) is 58.2 Å². The number of benzene rings is 5. The van der Waals surface area contributed by atoms with Crippen LogP contribution in [0.1, 0.15) is 22.3 Å². The zero-order chi connectivity index (χ0) is 27.9. The molecule has 0 atom stereocenters. The van der Waals surface area contributed by atoms with E-state index < -0.39 is 0 Å². The Bertz CT molecular complexity index is 1660. The van der Waals surface area contributed by atoms with Crippen LogP contribution in [0.25, 0.3) is 0 Å². The minimum atomic E-state index is -0.0957. The number of phenols is 2. The van der Waals surface area contributed by atoms with Crippen molar-refractivity contribution in [1.82, 2.24) is 0 Å². The minimum absolute atomic E-state index is 0.0957. The number of phenolic OH excluding ortho intramolecular Hbond substituents is 2. The molecule has 0 unspecified atom stereocenters. The Kier molecular flexibility index (Phi) is 7.44. The molecule has 0 aliphatic carbocycles. The maximum Gasteiger partial charge on any atom is 0.144 e. The second-order valence-electron chi connectivity index (χ2n) is 8.72. The van der Waals surface area contributed by atoms with Gasteiger partial charge in [0.05, 0.1) is 22.5 Å². The Morgan fingerprint density at radius 3 is 1.25 bits per heavy atom. The maximum absolute atomic E-state index is 10.1. The number of ether oxygens (including phenoxy) is 2. The molecule has 0 aliphatic heterocycles. The molecule has 0 spiro atoms. The number of anilines is 2. The van der Waals surface area contributed by atoms with Crippen molar-refractivity contribution in [2.45, 2.75) is 0 Å². The lowest BCUT2D eigenvalue weighted by Gasteiger charge is -2.14. The van der Waals surface area contributed by atoms with Gasteiger partial charge in [-0.25, -0.2) is 0 Å². The van der Waals surface area contributed by atoms with Crippen LogP contribution in [0.5, 0.6) is 34.5 Å². The summed E-state index contributed by atoms with van der Waals surface area (Å²) in [6.07, 6.45) is 0. The van der Waals surface area contributed by atoms with E-state index in [1.165, 1.54) is 12.1 Å². The number of hydrogen-bond donors (Lipinski definition) is 4. The Morgan fingerprint density at radius 2 is 0.875 bits per heavy atom. The maximum atomic E-state index is 10.1. The first-order chi connectivity index (χ1) is 19.4. The summed E-state index contributed by atoms with van der Waals surface area (Å²) in [5.41, 5.74) is 14.7. The molecule has 0 saturated carbocycles. The molecule has 194 valence electrons. The van der Waals surface area contributed by atoms with Gasteiger partial charge in [-0.05, 0) is 48.5 Å². The standard InChI is InChI=1S/C34H24N2O4/c35-29-17-15-27(21-31(29)37)39-33-20-26(14-12-24-9-5-2-6-10-24)34(40-28-16-18-30(36)32(38)22-28)19-25(33)13-11-23-7-3-1-4-8-23/h1-10,15-22,37-38H,35-36H2. The molecular weight excluding hydrogens is 500 g/mol. The van der Waals surface area contributed by atoms with Crippen molar-refractivity contribution in [3.63, 3.8) is 0 Å². The smallest absolute Gasteiger partial charge is 0.144 e. The van der Waals surface area contributed by atoms with E-state index in [0.29, 0.717) is 34.1 Å². The summed E-state index contributed by atoms with van der Waals surface area (Å²) in [7, 11) is 0. The van der Waals surface area contributed by atoms with Crippen LogP contribution in [0.2, 0.25) is 0 Å². The van der Waals surface area contributed by atoms with Gasteiger partial charge < -0.3 is 31.2 Å². The molecule has 0 bridgehead atoms. The topological polar surface area (TPSA) is 111 Å². The molecule has 0 radical (unpaired) electrons. The number of aromatic hydroxyl groups is 2. The lowest BCUT2D eigenvalue weighted by molar-refractivity contribution is 0.448. The number of nitrogens with two attached hydrogens (primary N) is 2. The molecule has 5 aromatic rings. The third-order valence-corrected chi connectivity index (χ3v) is 5.77. The fraction of sp³-hybridized carbons (Fsp3) is 0. The molecule has 6 nitrogen and oxygen atoms in total.